The number of halogens is 2. The highest BCUT2D eigenvalue weighted by Crippen LogP contribution is 2.48. The van der Waals surface area contributed by atoms with Gasteiger partial charge in [-0.2, -0.15) is 0 Å². The van der Waals surface area contributed by atoms with E-state index in [1.165, 1.54) is 31.2 Å². The van der Waals surface area contributed by atoms with Crippen molar-refractivity contribution in [1.29, 1.82) is 0 Å². The van der Waals surface area contributed by atoms with E-state index >= 15 is 0 Å². The number of aryl methyl sites for hydroxylation is 1. The van der Waals surface area contributed by atoms with Gasteiger partial charge in [0.25, 0.3) is 5.91 Å². The van der Waals surface area contributed by atoms with E-state index < -0.39 is 0 Å². The van der Waals surface area contributed by atoms with Crippen molar-refractivity contribution in [3.05, 3.63) is 63.7 Å². The Morgan fingerprint density at radius 1 is 1.15 bits per heavy atom. The van der Waals surface area contributed by atoms with E-state index in [0.29, 0.717) is 10.6 Å². The van der Waals surface area contributed by atoms with E-state index in [0.717, 1.165) is 51.5 Å². The first-order valence-electron chi connectivity index (χ1n) is 11.6. The molecule has 1 amide bonds. The molecule has 1 N–H and O–H groups in total. The van der Waals surface area contributed by atoms with Crippen LogP contribution in [-0.4, -0.2) is 37.1 Å². The number of hydrogen-bond acceptors (Lipinski definition) is 2. The molecule has 0 radical (unpaired) electrons. The number of quaternary nitrogens is 1. The number of benzene rings is 2. The number of hydrogen-bond donors (Lipinski definition) is 1. The molecule has 4 nitrogen and oxygen atoms in total. The summed E-state index contributed by atoms with van der Waals surface area (Å²) >= 11 is 6.17. The van der Waals surface area contributed by atoms with Gasteiger partial charge >= 0.3 is 0 Å². The number of nitrogens with zero attached hydrogens (tertiary/aromatic N) is 1. The van der Waals surface area contributed by atoms with Gasteiger partial charge in [0, 0.05) is 34.2 Å². The van der Waals surface area contributed by atoms with Gasteiger partial charge in [-0.3, -0.25) is 4.79 Å². The van der Waals surface area contributed by atoms with Gasteiger partial charge < -0.3 is 26.9 Å². The van der Waals surface area contributed by atoms with Crippen LogP contribution in [0.4, 0.5) is 5.69 Å². The molecule has 3 aliphatic rings. The van der Waals surface area contributed by atoms with Gasteiger partial charge in [-0.15, -0.1) is 0 Å². The standard InChI is InChI=1S/C27H31ClN2O2.ClH/c1-17-10-23(28)14-21-13-22(16-32-26(17)21)27(31)29-24-8-5-18(6-9-24)15-30(2,3)25-12-19-4-7-20(25)11-19;/h5-6,8-10,13-14,19-20,25H,4,7,11-12,15-16H2,1-3H3;1H. The summed E-state index contributed by atoms with van der Waals surface area (Å²) in [4.78, 5) is 12.8. The van der Waals surface area contributed by atoms with Crippen LogP contribution in [0.25, 0.3) is 6.08 Å². The summed E-state index contributed by atoms with van der Waals surface area (Å²) in [7, 11) is 4.75. The van der Waals surface area contributed by atoms with E-state index in [1.807, 2.05) is 37.3 Å². The molecule has 5 rings (SSSR count). The average molecular weight is 487 g/mol. The summed E-state index contributed by atoms with van der Waals surface area (Å²) in [5, 5.41) is 3.66. The fraction of sp³-hybridized carbons (Fsp3) is 0.444. The summed E-state index contributed by atoms with van der Waals surface area (Å²) in [6.45, 7) is 3.25. The van der Waals surface area contributed by atoms with Gasteiger partial charge in [0.1, 0.15) is 18.9 Å². The number of fused-ring (bicyclic) bond motifs is 3. The second-order valence-electron chi connectivity index (χ2n) is 10.4. The lowest BCUT2D eigenvalue weighted by Gasteiger charge is -2.40. The largest absolute Gasteiger partial charge is 1.00 e. The molecule has 2 fully saturated rings. The summed E-state index contributed by atoms with van der Waals surface area (Å²) in [5.74, 6) is 2.53. The van der Waals surface area contributed by atoms with Crippen molar-refractivity contribution in [1.82, 2.24) is 0 Å². The lowest BCUT2D eigenvalue weighted by molar-refractivity contribution is -0.931. The van der Waals surface area contributed by atoms with Gasteiger partial charge in [-0.25, -0.2) is 0 Å². The summed E-state index contributed by atoms with van der Waals surface area (Å²) in [5.41, 5.74) is 4.54. The van der Waals surface area contributed by atoms with Crippen molar-refractivity contribution in [2.24, 2.45) is 11.8 Å². The van der Waals surface area contributed by atoms with Crippen LogP contribution in [0.1, 0.15) is 42.4 Å². The number of carbonyl (C=O) groups excluding carboxylic acids is 1. The molecular formula is C27H32Cl2N2O2. The Labute approximate surface area is 208 Å². The van der Waals surface area contributed by atoms with Crippen LogP contribution in [0.5, 0.6) is 5.75 Å². The zero-order valence-electron chi connectivity index (χ0n) is 19.5. The van der Waals surface area contributed by atoms with E-state index in [9.17, 15) is 4.79 Å². The normalized spacial score (nSPS) is 23.3. The summed E-state index contributed by atoms with van der Waals surface area (Å²) in [6, 6.07) is 12.8. The second-order valence-corrected chi connectivity index (χ2v) is 10.9. The number of nitrogens with one attached hydrogen (secondary N) is 1. The maximum Gasteiger partial charge on any atom is 0.255 e. The molecule has 2 aromatic rings. The fourth-order valence-corrected chi connectivity index (χ4v) is 6.41. The zero-order chi connectivity index (χ0) is 22.5. The lowest BCUT2D eigenvalue weighted by Crippen LogP contribution is -3.00. The highest BCUT2D eigenvalue weighted by Gasteiger charge is 2.47. The molecule has 0 saturated heterocycles. The second kappa shape index (κ2) is 9.32. The molecule has 176 valence electrons. The number of ether oxygens (including phenoxy) is 1. The van der Waals surface area contributed by atoms with E-state index in [1.54, 1.807) is 0 Å². The van der Waals surface area contributed by atoms with Crippen LogP contribution in [0.2, 0.25) is 5.02 Å². The van der Waals surface area contributed by atoms with Crippen molar-refractivity contribution in [3.8, 4) is 5.75 Å². The topological polar surface area (TPSA) is 38.3 Å². The van der Waals surface area contributed by atoms with Crippen LogP contribution in [0, 0.1) is 18.8 Å². The fourth-order valence-electron chi connectivity index (χ4n) is 6.13. The van der Waals surface area contributed by atoms with Crippen molar-refractivity contribution < 1.29 is 26.4 Å². The number of carbonyl (C=O) groups is 1. The monoisotopic (exact) mass is 486 g/mol. The predicted molar refractivity (Wildman–Crippen MR) is 130 cm³/mol. The van der Waals surface area contributed by atoms with Gasteiger partial charge in [0.2, 0.25) is 0 Å². The molecule has 2 saturated carbocycles. The quantitative estimate of drug-likeness (QED) is 0.659. The maximum absolute atomic E-state index is 12.8. The Morgan fingerprint density at radius 3 is 2.58 bits per heavy atom. The molecule has 6 heteroatoms. The number of anilines is 1. The highest BCUT2D eigenvalue weighted by atomic mass is 35.5. The van der Waals surface area contributed by atoms with Crippen LogP contribution in [0.15, 0.2) is 42.0 Å². The molecule has 1 heterocycles. The number of rotatable bonds is 5. The summed E-state index contributed by atoms with van der Waals surface area (Å²) in [6.07, 6.45) is 7.55. The Bertz CT molecular complexity index is 1080. The number of amides is 1. The molecule has 2 aromatic carbocycles. The maximum atomic E-state index is 12.8. The summed E-state index contributed by atoms with van der Waals surface area (Å²) < 4.78 is 6.89. The predicted octanol–water partition coefficient (Wildman–Crippen LogP) is 2.83. The molecule has 3 unspecified atom stereocenters. The minimum Gasteiger partial charge on any atom is -1.00 e. The van der Waals surface area contributed by atoms with E-state index in [-0.39, 0.29) is 24.9 Å². The first kappa shape index (κ1) is 24.1. The molecule has 0 spiro atoms. The van der Waals surface area contributed by atoms with Crippen molar-refractivity contribution in [3.63, 3.8) is 0 Å². The average Bonchev–Trinajstić information content (AvgIpc) is 3.38. The Hall–Kier alpha value is -2.01. The molecule has 0 aromatic heterocycles. The molecule has 33 heavy (non-hydrogen) atoms. The zero-order valence-corrected chi connectivity index (χ0v) is 21.0. The third-order valence-electron chi connectivity index (χ3n) is 7.66. The van der Waals surface area contributed by atoms with Gasteiger partial charge in [0.05, 0.1) is 25.7 Å². The third-order valence-corrected chi connectivity index (χ3v) is 7.88. The van der Waals surface area contributed by atoms with E-state index in [4.69, 9.17) is 16.3 Å². The van der Waals surface area contributed by atoms with Crippen molar-refractivity contribution in [2.75, 3.05) is 26.0 Å². The van der Waals surface area contributed by atoms with Crippen LogP contribution in [0.3, 0.4) is 0 Å². The Balaban J connectivity index is 0.00000259. The van der Waals surface area contributed by atoms with Crippen LogP contribution in [-0.2, 0) is 11.3 Å². The molecule has 2 aliphatic carbocycles. The van der Waals surface area contributed by atoms with Gasteiger partial charge in [-0.1, -0.05) is 23.7 Å². The molecule has 1 aliphatic heterocycles. The van der Waals surface area contributed by atoms with E-state index in [2.05, 4.69) is 31.5 Å². The minimum absolute atomic E-state index is 0. The van der Waals surface area contributed by atoms with Gasteiger partial charge in [-0.05, 0) is 68.0 Å². The first-order chi connectivity index (χ1) is 15.3. The highest BCUT2D eigenvalue weighted by molar-refractivity contribution is 6.31. The van der Waals surface area contributed by atoms with Crippen LogP contribution < -0.4 is 22.5 Å². The SMILES string of the molecule is Cc1cc(Cl)cc2c1OCC(C(=O)Nc1ccc(C[N+](C)(C)C3CC4CCC3C4)cc1)=C2.[Cl-]. The van der Waals surface area contributed by atoms with Gasteiger partial charge in [0.15, 0.2) is 0 Å². The lowest BCUT2D eigenvalue weighted by atomic mass is 9.92. The molecule has 2 bridgehead atoms. The molecule has 3 atom stereocenters. The van der Waals surface area contributed by atoms with Crippen molar-refractivity contribution >= 4 is 29.3 Å². The molecular weight excluding hydrogens is 455 g/mol. The Morgan fingerprint density at radius 2 is 1.91 bits per heavy atom. The Kier molecular flexibility index (Phi) is 6.82. The van der Waals surface area contributed by atoms with Crippen molar-refractivity contribution in [2.45, 2.75) is 45.2 Å². The third kappa shape index (κ3) is 4.94. The van der Waals surface area contributed by atoms with Crippen LogP contribution >= 0.6 is 11.6 Å². The smallest absolute Gasteiger partial charge is 0.255 e. The minimum atomic E-state index is -0.140. The first-order valence-corrected chi connectivity index (χ1v) is 12.0.